The van der Waals surface area contributed by atoms with Crippen LogP contribution in [0.4, 0.5) is 11.4 Å². The van der Waals surface area contributed by atoms with Gasteiger partial charge in [0.05, 0.1) is 30.2 Å². The minimum absolute atomic E-state index is 0.118. The Morgan fingerprint density at radius 3 is 2.18 bits per heavy atom. The minimum atomic E-state index is -0.455. The van der Waals surface area contributed by atoms with Crippen molar-refractivity contribution in [3.8, 4) is 11.5 Å². The fraction of sp³-hybridized carbons (Fsp3) is 0.214. The van der Waals surface area contributed by atoms with E-state index >= 15 is 0 Å². The molecule has 1 N–H and O–H groups in total. The Bertz CT molecular complexity index is 1280. The maximum Gasteiger partial charge on any atom is 0.282 e. The largest absolute Gasteiger partial charge is 0.495 e. The van der Waals surface area contributed by atoms with Gasteiger partial charge in [-0.3, -0.25) is 9.59 Å². The highest BCUT2D eigenvalue weighted by Crippen LogP contribution is 2.39. The highest BCUT2D eigenvalue weighted by Gasteiger charge is 2.41. The first-order chi connectivity index (χ1) is 16.3. The number of imide groups is 1. The predicted molar refractivity (Wildman–Crippen MR) is 134 cm³/mol. The molecule has 0 aliphatic carbocycles. The Morgan fingerprint density at radius 1 is 0.824 bits per heavy atom. The lowest BCUT2D eigenvalue weighted by atomic mass is 10.0. The monoisotopic (exact) mass is 456 g/mol. The molecule has 34 heavy (non-hydrogen) atoms. The van der Waals surface area contributed by atoms with Crippen LogP contribution in [0.3, 0.4) is 0 Å². The Hall–Kier alpha value is -4.06. The fourth-order valence-electron chi connectivity index (χ4n) is 3.90. The summed E-state index contributed by atoms with van der Waals surface area (Å²) in [5.74, 6) is 0.173. The molecule has 0 saturated heterocycles. The van der Waals surface area contributed by atoms with Gasteiger partial charge in [0.1, 0.15) is 17.2 Å². The summed E-state index contributed by atoms with van der Waals surface area (Å²) in [6.07, 6.45) is -0.118. The van der Waals surface area contributed by atoms with Crippen molar-refractivity contribution >= 4 is 28.8 Å². The molecule has 0 saturated carbocycles. The van der Waals surface area contributed by atoms with E-state index in [1.54, 1.807) is 25.3 Å². The first kappa shape index (κ1) is 23.1. The van der Waals surface area contributed by atoms with E-state index in [-0.39, 0.29) is 11.8 Å². The van der Waals surface area contributed by atoms with Gasteiger partial charge in [0.25, 0.3) is 11.8 Å². The molecule has 174 valence electrons. The van der Waals surface area contributed by atoms with Crippen LogP contribution in [-0.2, 0) is 9.59 Å². The molecular weight excluding hydrogens is 428 g/mol. The molecule has 3 aromatic rings. The van der Waals surface area contributed by atoms with Crippen LogP contribution < -0.4 is 19.7 Å². The Kier molecular flexibility index (Phi) is 6.41. The number of amides is 2. The molecule has 0 fully saturated rings. The molecular formula is C28H28N2O4. The van der Waals surface area contributed by atoms with E-state index in [0.29, 0.717) is 34.0 Å². The second kappa shape index (κ2) is 9.43. The summed E-state index contributed by atoms with van der Waals surface area (Å²) in [5.41, 5.74) is 4.21. The lowest BCUT2D eigenvalue weighted by molar-refractivity contribution is -0.120. The molecule has 1 aliphatic rings. The molecule has 4 rings (SSSR count). The third-order valence-electron chi connectivity index (χ3n) is 5.51. The summed E-state index contributed by atoms with van der Waals surface area (Å²) >= 11 is 0. The van der Waals surface area contributed by atoms with Gasteiger partial charge in [0.15, 0.2) is 0 Å². The van der Waals surface area contributed by atoms with E-state index in [4.69, 9.17) is 9.47 Å². The molecule has 6 heteroatoms. The molecule has 0 bridgehead atoms. The first-order valence-corrected chi connectivity index (χ1v) is 11.2. The smallest absolute Gasteiger partial charge is 0.282 e. The number of methoxy groups -OCH3 is 1. The van der Waals surface area contributed by atoms with Crippen molar-refractivity contribution in [3.05, 3.63) is 89.1 Å². The van der Waals surface area contributed by atoms with Crippen LogP contribution in [0, 0.1) is 13.8 Å². The van der Waals surface area contributed by atoms with E-state index in [9.17, 15) is 9.59 Å². The molecule has 2 amide bonds. The average Bonchev–Trinajstić information content (AvgIpc) is 3.04. The zero-order chi connectivity index (χ0) is 24.4. The Balaban J connectivity index is 1.86. The standard InChI is InChI=1S/C28H28N2O4/c1-17(2)34-24-9-7-6-8-22(24)30-27(31)25(20-13-10-18(3)11-14-20)26(28(30)32)29-21-16-19(4)12-15-23(21)33-5/h6-17,29H,1-5H3. The van der Waals surface area contributed by atoms with Crippen molar-refractivity contribution in [2.24, 2.45) is 0 Å². The van der Waals surface area contributed by atoms with E-state index in [2.05, 4.69) is 5.32 Å². The van der Waals surface area contributed by atoms with Crippen LogP contribution in [0.1, 0.15) is 30.5 Å². The normalized spacial score (nSPS) is 13.6. The average molecular weight is 457 g/mol. The number of anilines is 2. The summed E-state index contributed by atoms with van der Waals surface area (Å²) in [6.45, 7) is 7.73. The number of hydrogen-bond donors (Lipinski definition) is 1. The van der Waals surface area contributed by atoms with Gasteiger partial charge in [0.2, 0.25) is 0 Å². The van der Waals surface area contributed by atoms with Crippen LogP contribution in [0.5, 0.6) is 11.5 Å². The topological polar surface area (TPSA) is 67.9 Å². The number of nitrogens with one attached hydrogen (secondary N) is 1. The second-order valence-electron chi connectivity index (χ2n) is 8.52. The molecule has 0 aromatic heterocycles. The van der Waals surface area contributed by atoms with Crippen LogP contribution in [0.2, 0.25) is 0 Å². The van der Waals surface area contributed by atoms with Crippen molar-refractivity contribution in [2.75, 3.05) is 17.3 Å². The van der Waals surface area contributed by atoms with Crippen LogP contribution in [-0.4, -0.2) is 25.0 Å². The number of aryl methyl sites for hydroxylation is 2. The van der Waals surface area contributed by atoms with Gasteiger partial charge >= 0.3 is 0 Å². The summed E-state index contributed by atoms with van der Waals surface area (Å²) in [6, 6.07) is 20.3. The Labute approximate surface area is 199 Å². The Morgan fingerprint density at radius 2 is 1.50 bits per heavy atom. The number of para-hydroxylation sites is 2. The zero-order valence-electron chi connectivity index (χ0n) is 20.0. The van der Waals surface area contributed by atoms with Crippen LogP contribution >= 0.6 is 0 Å². The number of rotatable bonds is 7. The van der Waals surface area contributed by atoms with Crippen molar-refractivity contribution in [2.45, 2.75) is 33.8 Å². The van der Waals surface area contributed by atoms with Gasteiger partial charge in [-0.05, 0) is 63.1 Å². The van der Waals surface area contributed by atoms with Gasteiger partial charge in [-0.25, -0.2) is 4.90 Å². The predicted octanol–water partition coefficient (Wildman–Crippen LogP) is 5.50. The van der Waals surface area contributed by atoms with Crippen LogP contribution in [0.25, 0.3) is 5.57 Å². The number of carbonyl (C=O) groups is 2. The van der Waals surface area contributed by atoms with Crippen LogP contribution in [0.15, 0.2) is 72.4 Å². The van der Waals surface area contributed by atoms with Crippen molar-refractivity contribution in [1.82, 2.24) is 0 Å². The molecule has 3 aromatic carbocycles. The van der Waals surface area contributed by atoms with Crippen molar-refractivity contribution < 1.29 is 19.1 Å². The maximum absolute atomic E-state index is 13.8. The summed E-state index contributed by atoms with van der Waals surface area (Å²) < 4.78 is 11.4. The molecule has 0 unspecified atom stereocenters. The van der Waals surface area contributed by atoms with Gasteiger partial charge in [-0.2, -0.15) is 0 Å². The summed E-state index contributed by atoms with van der Waals surface area (Å²) in [4.78, 5) is 28.7. The quantitative estimate of drug-likeness (QED) is 0.476. The van der Waals surface area contributed by atoms with Gasteiger partial charge in [0, 0.05) is 0 Å². The first-order valence-electron chi connectivity index (χ1n) is 11.2. The van der Waals surface area contributed by atoms with Crippen molar-refractivity contribution in [1.29, 1.82) is 0 Å². The molecule has 1 heterocycles. The minimum Gasteiger partial charge on any atom is -0.495 e. The van der Waals surface area contributed by atoms with E-state index < -0.39 is 11.8 Å². The van der Waals surface area contributed by atoms with Crippen molar-refractivity contribution in [3.63, 3.8) is 0 Å². The lowest BCUT2D eigenvalue weighted by Crippen LogP contribution is -2.33. The van der Waals surface area contributed by atoms with Gasteiger partial charge < -0.3 is 14.8 Å². The maximum atomic E-state index is 13.8. The number of nitrogens with zero attached hydrogens (tertiary/aromatic N) is 1. The van der Waals surface area contributed by atoms with E-state index in [1.165, 1.54) is 4.90 Å². The molecule has 0 radical (unpaired) electrons. The second-order valence-corrected chi connectivity index (χ2v) is 8.52. The highest BCUT2D eigenvalue weighted by molar-refractivity contribution is 6.46. The van der Waals surface area contributed by atoms with E-state index in [1.807, 2.05) is 76.2 Å². The fourth-order valence-corrected chi connectivity index (χ4v) is 3.90. The summed E-state index contributed by atoms with van der Waals surface area (Å²) in [5, 5.41) is 3.21. The van der Waals surface area contributed by atoms with Gasteiger partial charge in [-0.15, -0.1) is 0 Å². The molecule has 0 atom stereocenters. The van der Waals surface area contributed by atoms with Gasteiger partial charge in [-0.1, -0.05) is 48.0 Å². The highest BCUT2D eigenvalue weighted by atomic mass is 16.5. The lowest BCUT2D eigenvalue weighted by Gasteiger charge is -2.20. The third-order valence-corrected chi connectivity index (χ3v) is 5.51. The number of ether oxygens (including phenoxy) is 2. The third kappa shape index (κ3) is 4.39. The molecule has 1 aliphatic heterocycles. The van der Waals surface area contributed by atoms with E-state index in [0.717, 1.165) is 11.1 Å². The zero-order valence-corrected chi connectivity index (χ0v) is 20.0. The number of hydrogen-bond acceptors (Lipinski definition) is 5. The molecule has 6 nitrogen and oxygen atoms in total. The molecule has 0 spiro atoms. The number of benzene rings is 3. The summed E-state index contributed by atoms with van der Waals surface area (Å²) in [7, 11) is 1.57. The number of carbonyl (C=O) groups excluding carboxylic acids is 2. The SMILES string of the molecule is COc1ccc(C)cc1NC1=C(c2ccc(C)cc2)C(=O)N(c2ccccc2OC(C)C)C1=O.